The van der Waals surface area contributed by atoms with E-state index >= 15 is 0 Å². The molecule has 0 unspecified atom stereocenters. The Morgan fingerprint density at radius 2 is 1.49 bits per heavy atom. The maximum atomic E-state index is 11.3. The van der Waals surface area contributed by atoms with Crippen LogP contribution in [-0.4, -0.2) is 24.0 Å². The van der Waals surface area contributed by atoms with Crippen molar-refractivity contribution in [3.8, 4) is 23.3 Å². The number of phenols is 1. The van der Waals surface area contributed by atoms with Crippen LogP contribution in [0.2, 0.25) is 0 Å². The number of phenolic OH excluding ortho intramolecular Hbond substituents is 1. The van der Waals surface area contributed by atoms with Crippen molar-refractivity contribution in [2.75, 3.05) is 0 Å². The van der Waals surface area contributed by atoms with Gasteiger partial charge in [-0.15, -0.1) is 5.39 Å². The molecule has 4 aromatic carbocycles. The number of hydrogen-bond donors (Lipinski definition) is 1. The van der Waals surface area contributed by atoms with Crippen LogP contribution in [0.5, 0.6) is 17.5 Å². The Labute approximate surface area is 299 Å². The SMILES string of the molecule is CC(C)(C)c1cc(Oc2nc3c4c(O)cccc4c4cccc5c4n3c2C(C)(C)C5(C)C)nc(-n2c3[c-]cccc3c3ccccc32)c1.[Pt]. The largest absolute Gasteiger partial charge is 0.507 e. The Balaban J connectivity index is 0.00000348. The summed E-state index contributed by atoms with van der Waals surface area (Å²) in [5, 5.41) is 16.3. The van der Waals surface area contributed by atoms with Gasteiger partial charge in [0.15, 0.2) is 5.65 Å². The average Bonchev–Trinajstić information content (AvgIpc) is 3.60. The Kier molecular flexibility index (Phi) is 6.71. The van der Waals surface area contributed by atoms with Crippen LogP contribution in [0.4, 0.5) is 0 Å². The number of ether oxygens (including phenoxy) is 1. The smallest absolute Gasteiger partial charge is 0.243 e. The van der Waals surface area contributed by atoms with Gasteiger partial charge in [-0.2, -0.15) is 34.2 Å². The van der Waals surface area contributed by atoms with Crippen molar-refractivity contribution in [3.05, 3.63) is 114 Å². The van der Waals surface area contributed by atoms with Crippen molar-refractivity contribution in [3.63, 3.8) is 0 Å². The van der Waals surface area contributed by atoms with E-state index in [-0.39, 0.29) is 37.6 Å². The van der Waals surface area contributed by atoms with Crippen LogP contribution >= 0.6 is 0 Å². The van der Waals surface area contributed by atoms with E-state index in [1.807, 2.05) is 24.3 Å². The van der Waals surface area contributed by atoms with E-state index in [0.717, 1.165) is 55.2 Å². The molecule has 0 amide bonds. The first-order valence-corrected chi connectivity index (χ1v) is 16.6. The van der Waals surface area contributed by atoms with Crippen LogP contribution in [0.15, 0.2) is 91.0 Å². The first kappa shape index (κ1) is 31.6. The maximum absolute atomic E-state index is 11.3. The number of aromatic hydroxyl groups is 1. The normalized spacial score (nSPS) is 15.1. The number of imidazole rings is 1. The average molecular weight is 825 g/mol. The zero-order valence-corrected chi connectivity index (χ0v) is 30.9. The fourth-order valence-corrected chi connectivity index (χ4v) is 7.82. The topological polar surface area (TPSA) is 64.6 Å². The maximum Gasteiger partial charge on any atom is 0.243 e. The third kappa shape index (κ3) is 4.23. The third-order valence-electron chi connectivity index (χ3n) is 11.1. The van der Waals surface area contributed by atoms with Crippen molar-refractivity contribution >= 4 is 49.1 Å². The van der Waals surface area contributed by atoms with Gasteiger partial charge in [-0.25, -0.2) is 0 Å². The number of pyridine rings is 2. The zero-order valence-electron chi connectivity index (χ0n) is 28.6. The fourth-order valence-electron chi connectivity index (χ4n) is 7.82. The standard InChI is InChI=1S/C42H37N4O2.Pt/c1-40(2,3)24-22-33(45-30-19-10-8-14-25(30)26-15-9-11-20-31(26)45)43-34(23-24)48-39-37-42(6,7)41(4,5)29-18-12-17-28-27-16-13-21-32(47)35(27)38(44-39)46(37)36(28)29;/h8-19,21-23,47H,1-7H3;/q-1;. The molecule has 5 heterocycles. The summed E-state index contributed by atoms with van der Waals surface area (Å²) in [6, 6.07) is 34.4. The van der Waals surface area contributed by atoms with Crippen LogP contribution in [0, 0.1) is 6.07 Å². The van der Waals surface area contributed by atoms with E-state index < -0.39 is 5.41 Å². The molecule has 0 radical (unpaired) electrons. The summed E-state index contributed by atoms with van der Waals surface area (Å²) in [7, 11) is 0. The van der Waals surface area contributed by atoms with E-state index in [0.29, 0.717) is 22.8 Å². The van der Waals surface area contributed by atoms with Crippen molar-refractivity contribution in [1.29, 1.82) is 0 Å². The summed E-state index contributed by atoms with van der Waals surface area (Å²) >= 11 is 0. The second-order valence-electron chi connectivity index (χ2n) is 15.3. The van der Waals surface area contributed by atoms with Gasteiger partial charge in [-0.1, -0.05) is 103 Å². The van der Waals surface area contributed by atoms with Gasteiger partial charge in [-0.05, 0) is 45.5 Å². The van der Waals surface area contributed by atoms with Gasteiger partial charge in [0.2, 0.25) is 11.8 Å². The fraction of sp³-hybridized carbons (Fsp3) is 0.238. The minimum Gasteiger partial charge on any atom is -0.507 e. The summed E-state index contributed by atoms with van der Waals surface area (Å²) < 4.78 is 11.3. The van der Waals surface area contributed by atoms with E-state index in [4.69, 9.17) is 14.7 Å². The molecule has 0 aliphatic carbocycles. The summed E-state index contributed by atoms with van der Waals surface area (Å²) in [6.07, 6.45) is 0. The van der Waals surface area contributed by atoms with Crippen molar-refractivity contribution in [2.24, 2.45) is 0 Å². The summed E-state index contributed by atoms with van der Waals surface area (Å²) in [5.41, 5.74) is 6.28. The molecular weight excluding hydrogens is 788 g/mol. The number of aromatic nitrogens is 4. The molecule has 1 N–H and O–H groups in total. The second kappa shape index (κ2) is 10.4. The Bertz CT molecular complexity index is 2600. The van der Waals surface area contributed by atoms with Crippen LogP contribution < -0.4 is 4.74 Å². The quantitative estimate of drug-likeness (QED) is 0.142. The molecule has 0 fully saturated rings. The molecule has 8 aromatic rings. The molecule has 1 aliphatic heterocycles. The number of hydrogen-bond acceptors (Lipinski definition) is 4. The van der Waals surface area contributed by atoms with Crippen LogP contribution in [0.1, 0.15) is 65.3 Å². The molecular formula is C42H37N4O2Pt-. The van der Waals surface area contributed by atoms with Crippen LogP contribution in [-0.2, 0) is 37.3 Å². The Morgan fingerprint density at radius 1 is 0.776 bits per heavy atom. The van der Waals surface area contributed by atoms with Gasteiger partial charge in [0.1, 0.15) is 11.6 Å². The van der Waals surface area contributed by atoms with Gasteiger partial charge in [-0.3, -0.25) is 4.40 Å². The third-order valence-corrected chi connectivity index (χ3v) is 11.1. The number of rotatable bonds is 3. The van der Waals surface area contributed by atoms with E-state index in [1.165, 1.54) is 5.56 Å². The van der Waals surface area contributed by atoms with E-state index in [1.54, 1.807) is 6.07 Å². The van der Waals surface area contributed by atoms with Gasteiger partial charge in [0.25, 0.3) is 0 Å². The minimum absolute atomic E-state index is 0. The Morgan fingerprint density at radius 3 is 2.29 bits per heavy atom. The molecule has 0 saturated carbocycles. The van der Waals surface area contributed by atoms with Crippen molar-refractivity contribution < 1.29 is 30.9 Å². The number of benzene rings is 4. The molecule has 248 valence electrons. The summed E-state index contributed by atoms with van der Waals surface area (Å²) in [5.74, 6) is 1.93. The number of nitrogens with zero attached hydrogens (tertiary/aromatic N) is 4. The molecule has 49 heavy (non-hydrogen) atoms. The number of para-hydroxylation sites is 3. The van der Waals surface area contributed by atoms with Gasteiger partial charge in [0, 0.05) is 48.9 Å². The molecule has 9 rings (SSSR count). The molecule has 0 bridgehead atoms. The number of fused-ring (bicyclic) bond motifs is 6. The monoisotopic (exact) mass is 824 g/mol. The van der Waals surface area contributed by atoms with Gasteiger partial charge < -0.3 is 14.4 Å². The van der Waals surface area contributed by atoms with Gasteiger partial charge >= 0.3 is 0 Å². The molecule has 1 aliphatic rings. The minimum atomic E-state index is -0.395. The summed E-state index contributed by atoms with van der Waals surface area (Å²) in [6.45, 7) is 15.7. The van der Waals surface area contributed by atoms with Crippen LogP contribution in [0.25, 0.3) is 54.9 Å². The van der Waals surface area contributed by atoms with Crippen molar-refractivity contribution in [2.45, 2.75) is 64.7 Å². The summed E-state index contributed by atoms with van der Waals surface area (Å²) in [4.78, 5) is 10.4. The molecule has 0 spiro atoms. The first-order valence-electron chi connectivity index (χ1n) is 16.6. The van der Waals surface area contributed by atoms with E-state index in [9.17, 15) is 5.11 Å². The molecule has 0 saturated heterocycles. The molecule has 0 atom stereocenters. The molecule has 6 nitrogen and oxygen atoms in total. The van der Waals surface area contributed by atoms with Gasteiger partial charge in [0.05, 0.1) is 16.6 Å². The predicted molar refractivity (Wildman–Crippen MR) is 194 cm³/mol. The molecule has 4 aromatic heterocycles. The first-order chi connectivity index (χ1) is 22.9. The zero-order chi connectivity index (χ0) is 33.3. The Hall–Kier alpha value is -4.67. The molecule has 7 heteroatoms. The van der Waals surface area contributed by atoms with Crippen LogP contribution in [0.3, 0.4) is 0 Å². The second-order valence-corrected chi connectivity index (χ2v) is 15.3. The van der Waals surface area contributed by atoms with Crippen molar-refractivity contribution in [1.82, 2.24) is 18.9 Å². The predicted octanol–water partition coefficient (Wildman–Crippen LogP) is 10.3. The van der Waals surface area contributed by atoms with E-state index in [2.05, 4.69) is 124 Å².